The van der Waals surface area contributed by atoms with E-state index in [1.54, 1.807) is 0 Å². The first kappa shape index (κ1) is 18.5. The van der Waals surface area contributed by atoms with Crippen LogP contribution in [-0.4, -0.2) is 23.7 Å². The molecule has 1 unspecified atom stereocenters. The van der Waals surface area contributed by atoms with Crippen molar-refractivity contribution >= 4 is 11.4 Å². The predicted molar refractivity (Wildman–Crippen MR) is 84.5 cm³/mol. The number of nitrogens with one attached hydrogen (secondary N) is 1. The van der Waals surface area contributed by atoms with Crippen molar-refractivity contribution in [2.45, 2.75) is 12.3 Å². The lowest BCUT2D eigenvalue weighted by Gasteiger charge is -2.15. The maximum atomic E-state index is 12.7. The van der Waals surface area contributed by atoms with Gasteiger partial charge >= 0.3 is 11.9 Å². The van der Waals surface area contributed by atoms with E-state index in [2.05, 4.69) is 5.32 Å². The van der Waals surface area contributed by atoms with Gasteiger partial charge in [0.25, 0.3) is 0 Å². The fraction of sp³-hybridized carbons (Fsp3) is 0.250. The SMILES string of the molecule is COc1cc(NCC(O)c2cccc(C(F)(F)F)c2)ccc1[N+](=O)[O-]. The van der Waals surface area contributed by atoms with Crippen LogP contribution in [0.1, 0.15) is 17.2 Å². The number of aliphatic hydroxyl groups is 1. The summed E-state index contributed by atoms with van der Waals surface area (Å²) in [5.41, 5.74) is -0.530. The molecule has 1 atom stereocenters. The molecule has 0 aromatic heterocycles. The second kappa shape index (κ2) is 7.39. The zero-order chi connectivity index (χ0) is 18.6. The van der Waals surface area contributed by atoms with Gasteiger partial charge in [0.1, 0.15) is 0 Å². The van der Waals surface area contributed by atoms with Gasteiger partial charge in [-0.25, -0.2) is 0 Å². The van der Waals surface area contributed by atoms with E-state index in [1.807, 2.05) is 0 Å². The summed E-state index contributed by atoms with van der Waals surface area (Å²) in [6.07, 6.45) is -5.68. The summed E-state index contributed by atoms with van der Waals surface area (Å²) < 4.78 is 43.0. The average molecular weight is 356 g/mol. The van der Waals surface area contributed by atoms with Crippen LogP contribution in [0.2, 0.25) is 0 Å². The maximum absolute atomic E-state index is 12.7. The molecule has 0 radical (unpaired) electrons. The van der Waals surface area contributed by atoms with Crippen LogP contribution in [0, 0.1) is 10.1 Å². The van der Waals surface area contributed by atoms with Crippen molar-refractivity contribution in [3.63, 3.8) is 0 Å². The quantitative estimate of drug-likeness (QED) is 0.608. The molecule has 9 heteroatoms. The van der Waals surface area contributed by atoms with Crippen molar-refractivity contribution in [2.24, 2.45) is 0 Å². The summed E-state index contributed by atoms with van der Waals surface area (Å²) in [4.78, 5) is 10.2. The van der Waals surface area contributed by atoms with Gasteiger partial charge in [0.2, 0.25) is 0 Å². The molecular formula is C16H15F3N2O4. The first-order valence-electron chi connectivity index (χ1n) is 7.14. The largest absolute Gasteiger partial charge is 0.490 e. The van der Waals surface area contributed by atoms with Crippen molar-refractivity contribution in [1.29, 1.82) is 0 Å². The van der Waals surface area contributed by atoms with Crippen LogP contribution in [0.25, 0.3) is 0 Å². The van der Waals surface area contributed by atoms with E-state index in [-0.39, 0.29) is 23.5 Å². The highest BCUT2D eigenvalue weighted by atomic mass is 19.4. The Bertz CT molecular complexity index is 765. The number of alkyl halides is 3. The Kier molecular flexibility index (Phi) is 5.48. The van der Waals surface area contributed by atoms with Crippen molar-refractivity contribution < 1.29 is 27.9 Å². The van der Waals surface area contributed by atoms with Gasteiger partial charge in [-0.3, -0.25) is 10.1 Å². The van der Waals surface area contributed by atoms with Crippen LogP contribution >= 0.6 is 0 Å². The lowest BCUT2D eigenvalue weighted by atomic mass is 10.1. The molecule has 2 aromatic carbocycles. The minimum atomic E-state index is -4.49. The second-order valence-corrected chi connectivity index (χ2v) is 5.16. The van der Waals surface area contributed by atoms with Crippen LogP contribution in [0.15, 0.2) is 42.5 Å². The zero-order valence-corrected chi connectivity index (χ0v) is 13.1. The van der Waals surface area contributed by atoms with Crippen molar-refractivity contribution in [3.8, 4) is 5.75 Å². The Hall–Kier alpha value is -2.81. The number of hydrogen-bond donors (Lipinski definition) is 2. The molecule has 0 fully saturated rings. The summed E-state index contributed by atoms with van der Waals surface area (Å²) in [7, 11) is 1.28. The molecule has 0 saturated carbocycles. The molecule has 2 N–H and O–H groups in total. The standard InChI is InChI=1S/C16H15F3N2O4/c1-25-15-8-12(5-6-13(15)21(23)24)20-9-14(22)10-3-2-4-11(7-10)16(17,18)19/h2-8,14,20,22H,9H2,1H3. The van der Waals surface area contributed by atoms with Gasteiger partial charge in [0.05, 0.1) is 23.7 Å². The molecule has 0 aliphatic carbocycles. The van der Waals surface area contributed by atoms with Gasteiger partial charge in [-0.2, -0.15) is 13.2 Å². The third-order valence-electron chi connectivity index (χ3n) is 3.47. The molecule has 25 heavy (non-hydrogen) atoms. The molecule has 0 heterocycles. The van der Waals surface area contributed by atoms with E-state index in [0.29, 0.717) is 5.69 Å². The fourth-order valence-electron chi connectivity index (χ4n) is 2.19. The monoisotopic (exact) mass is 356 g/mol. The number of nitro groups is 1. The van der Waals surface area contributed by atoms with Gasteiger partial charge in [-0.15, -0.1) is 0 Å². The molecule has 0 spiro atoms. The second-order valence-electron chi connectivity index (χ2n) is 5.16. The number of rotatable bonds is 6. The van der Waals surface area contributed by atoms with Gasteiger partial charge in [-0.05, 0) is 23.8 Å². The third-order valence-corrected chi connectivity index (χ3v) is 3.47. The molecule has 0 bridgehead atoms. The van der Waals surface area contributed by atoms with Gasteiger partial charge < -0.3 is 15.2 Å². The van der Waals surface area contributed by atoms with Gasteiger partial charge in [0.15, 0.2) is 5.75 Å². The van der Waals surface area contributed by atoms with Crippen LogP contribution in [-0.2, 0) is 6.18 Å². The summed E-state index contributed by atoms with van der Waals surface area (Å²) in [6, 6.07) is 8.43. The first-order valence-corrected chi connectivity index (χ1v) is 7.14. The summed E-state index contributed by atoms with van der Waals surface area (Å²) in [5.74, 6) is 0.0311. The summed E-state index contributed by atoms with van der Waals surface area (Å²) >= 11 is 0. The lowest BCUT2D eigenvalue weighted by Crippen LogP contribution is -2.13. The Balaban J connectivity index is 2.10. The van der Waals surface area contributed by atoms with Gasteiger partial charge in [-0.1, -0.05) is 12.1 Å². The molecule has 134 valence electrons. The van der Waals surface area contributed by atoms with E-state index in [1.165, 1.54) is 37.4 Å². The molecule has 0 aliphatic heterocycles. The van der Waals surface area contributed by atoms with Crippen LogP contribution < -0.4 is 10.1 Å². The van der Waals surface area contributed by atoms with Crippen molar-refractivity contribution in [1.82, 2.24) is 0 Å². The number of aliphatic hydroxyl groups excluding tert-OH is 1. The number of ether oxygens (including phenoxy) is 1. The highest BCUT2D eigenvalue weighted by molar-refractivity contribution is 5.58. The Morgan fingerprint density at radius 2 is 2.00 bits per heavy atom. The van der Waals surface area contributed by atoms with Crippen molar-refractivity contribution in [3.05, 3.63) is 63.7 Å². The van der Waals surface area contributed by atoms with E-state index in [4.69, 9.17) is 4.74 Å². The Labute approximate surface area is 141 Å². The topological polar surface area (TPSA) is 84.6 Å². The number of methoxy groups -OCH3 is 1. The maximum Gasteiger partial charge on any atom is 0.416 e. The van der Waals surface area contributed by atoms with E-state index < -0.39 is 22.8 Å². The highest BCUT2D eigenvalue weighted by Crippen LogP contribution is 2.32. The normalized spacial score (nSPS) is 12.5. The Morgan fingerprint density at radius 1 is 1.28 bits per heavy atom. The lowest BCUT2D eigenvalue weighted by molar-refractivity contribution is -0.385. The molecule has 0 aliphatic rings. The number of halogens is 3. The summed E-state index contributed by atoms with van der Waals surface area (Å²) in [5, 5.41) is 23.7. The van der Waals surface area contributed by atoms with E-state index >= 15 is 0 Å². The molecular weight excluding hydrogens is 341 g/mol. The zero-order valence-electron chi connectivity index (χ0n) is 13.1. The number of nitro benzene ring substituents is 1. The van der Waals surface area contributed by atoms with E-state index in [0.717, 1.165) is 12.1 Å². The molecule has 0 amide bonds. The third kappa shape index (κ3) is 4.60. The van der Waals surface area contributed by atoms with Crippen LogP contribution in [0.3, 0.4) is 0 Å². The Morgan fingerprint density at radius 3 is 2.60 bits per heavy atom. The predicted octanol–water partition coefficient (Wildman–Crippen LogP) is 3.77. The smallest absolute Gasteiger partial charge is 0.416 e. The summed E-state index contributed by atoms with van der Waals surface area (Å²) in [6.45, 7) is -0.0811. The fourth-order valence-corrected chi connectivity index (χ4v) is 2.19. The van der Waals surface area contributed by atoms with E-state index in [9.17, 15) is 28.4 Å². The highest BCUT2D eigenvalue weighted by Gasteiger charge is 2.30. The number of anilines is 1. The molecule has 0 saturated heterocycles. The minimum Gasteiger partial charge on any atom is -0.490 e. The van der Waals surface area contributed by atoms with Crippen LogP contribution in [0.4, 0.5) is 24.5 Å². The number of nitrogens with zero attached hydrogens (tertiary/aromatic N) is 1. The number of benzene rings is 2. The van der Waals surface area contributed by atoms with Gasteiger partial charge in [0, 0.05) is 24.4 Å². The molecule has 2 aromatic rings. The number of hydrogen-bond acceptors (Lipinski definition) is 5. The first-order chi connectivity index (χ1) is 11.7. The molecule has 2 rings (SSSR count). The van der Waals surface area contributed by atoms with Crippen LogP contribution in [0.5, 0.6) is 5.75 Å². The van der Waals surface area contributed by atoms with Crippen molar-refractivity contribution in [2.75, 3.05) is 19.0 Å². The minimum absolute atomic E-state index is 0.0311. The average Bonchev–Trinajstić information content (AvgIpc) is 2.58. The molecule has 6 nitrogen and oxygen atoms in total.